The first-order valence-corrected chi connectivity index (χ1v) is 6.91. The molecule has 0 bridgehead atoms. The van der Waals surface area contributed by atoms with Crippen LogP contribution in [0.2, 0.25) is 0 Å². The van der Waals surface area contributed by atoms with E-state index in [1.54, 1.807) is 0 Å². The van der Waals surface area contributed by atoms with E-state index in [0.29, 0.717) is 6.04 Å². The van der Waals surface area contributed by atoms with Gasteiger partial charge >= 0.3 is 0 Å². The van der Waals surface area contributed by atoms with Crippen LogP contribution in [0.15, 0.2) is 60.7 Å². The van der Waals surface area contributed by atoms with Gasteiger partial charge in [-0.15, -0.1) is 0 Å². The number of para-hydroxylation sites is 1. The maximum absolute atomic E-state index is 3.49. The molecule has 0 amide bonds. The van der Waals surface area contributed by atoms with Gasteiger partial charge in [-0.05, 0) is 37.5 Å². The molecule has 2 aromatic rings. The molecule has 2 nitrogen and oxygen atoms in total. The number of aryl methyl sites for hydroxylation is 1. The van der Waals surface area contributed by atoms with E-state index in [2.05, 4.69) is 60.0 Å². The number of rotatable bonds is 7. The van der Waals surface area contributed by atoms with E-state index in [-0.39, 0.29) is 0 Å². The molecule has 1 atom stereocenters. The third kappa shape index (κ3) is 5.14. The third-order valence-corrected chi connectivity index (χ3v) is 3.23. The zero-order valence-electron chi connectivity index (χ0n) is 11.5. The van der Waals surface area contributed by atoms with Gasteiger partial charge in [0, 0.05) is 11.7 Å². The molecule has 2 heteroatoms. The molecule has 0 heterocycles. The smallest absolute Gasteiger partial charge is 0.0655 e. The Labute approximate surface area is 115 Å². The van der Waals surface area contributed by atoms with Gasteiger partial charge in [0.05, 0.1) is 6.67 Å². The molecule has 100 valence electrons. The molecule has 0 saturated carbocycles. The Hall–Kier alpha value is -1.80. The molecule has 2 N–H and O–H groups in total. The second-order valence-corrected chi connectivity index (χ2v) is 4.85. The van der Waals surface area contributed by atoms with Crippen molar-refractivity contribution in [2.24, 2.45) is 0 Å². The third-order valence-electron chi connectivity index (χ3n) is 3.23. The fourth-order valence-electron chi connectivity index (χ4n) is 2.01. The van der Waals surface area contributed by atoms with Crippen molar-refractivity contribution in [2.75, 3.05) is 12.0 Å². The summed E-state index contributed by atoms with van der Waals surface area (Å²) in [5.74, 6) is 0. The SMILES string of the molecule is CC(CCc1ccccc1)NCNc1ccccc1. The fraction of sp³-hybridized carbons (Fsp3) is 0.294. The number of benzene rings is 2. The van der Waals surface area contributed by atoms with Crippen molar-refractivity contribution >= 4 is 5.69 Å². The first-order valence-electron chi connectivity index (χ1n) is 6.91. The van der Waals surface area contributed by atoms with E-state index >= 15 is 0 Å². The van der Waals surface area contributed by atoms with Crippen molar-refractivity contribution in [1.29, 1.82) is 0 Å². The molecule has 0 radical (unpaired) electrons. The van der Waals surface area contributed by atoms with Crippen molar-refractivity contribution in [2.45, 2.75) is 25.8 Å². The predicted molar refractivity (Wildman–Crippen MR) is 82.3 cm³/mol. The van der Waals surface area contributed by atoms with Gasteiger partial charge in [-0.2, -0.15) is 0 Å². The Morgan fingerprint density at radius 1 is 0.895 bits per heavy atom. The molecule has 0 aliphatic heterocycles. The van der Waals surface area contributed by atoms with Gasteiger partial charge in [0.2, 0.25) is 0 Å². The van der Waals surface area contributed by atoms with E-state index < -0.39 is 0 Å². The summed E-state index contributed by atoms with van der Waals surface area (Å²) >= 11 is 0. The first kappa shape index (κ1) is 13.6. The van der Waals surface area contributed by atoms with Crippen LogP contribution in [0.3, 0.4) is 0 Å². The maximum atomic E-state index is 3.49. The summed E-state index contributed by atoms with van der Waals surface area (Å²) < 4.78 is 0. The minimum absolute atomic E-state index is 0.511. The van der Waals surface area contributed by atoms with Gasteiger partial charge in [0.1, 0.15) is 0 Å². The molecular formula is C17H22N2. The van der Waals surface area contributed by atoms with Gasteiger partial charge < -0.3 is 5.32 Å². The van der Waals surface area contributed by atoms with Gasteiger partial charge in [-0.3, -0.25) is 5.32 Å². The highest BCUT2D eigenvalue weighted by Crippen LogP contribution is 2.06. The highest BCUT2D eigenvalue weighted by atomic mass is 15.1. The van der Waals surface area contributed by atoms with Crippen LogP contribution in [0.25, 0.3) is 0 Å². The number of hydrogen-bond acceptors (Lipinski definition) is 2. The predicted octanol–water partition coefficient (Wildman–Crippen LogP) is 3.67. The van der Waals surface area contributed by atoms with Crippen LogP contribution in [0.5, 0.6) is 0 Å². The Bertz CT molecular complexity index is 453. The van der Waals surface area contributed by atoms with Crippen LogP contribution in [-0.2, 0) is 6.42 Å². The fourth-order valence-corrected chi connectivity index (χ4v) is 2.01. The lowest BCUT2D eigenvalue weighted by Crippen LogP contribution is -2.31. The normalized spacial score (nSPS) is 12.1. The minimum atomic E-state index is 0.511. The standard InChI is InChI=1S/C17H22N2/c1-15(12-13-16-8-4-2-5-9-16)18-14-19-17-10-6-3-7-11-17/h2-11,15,18-19H,12-14H2,1H3. The van der Waals surface area contributed by atoms with Crippen LogP contribution in [0.1, 0.15) is 18.9 Å². The molecule has 0 saturated heterocycles. The van der Waals surface area contributed by atoms with Crippen LogP contribution in [0.4, 0.5) is 5.69 Å². The van der Waals surface area contributed by atoms with E-state index in [1.165, 1.54) is 5.56 Å². The summed E-state index contributed by atoms with van der Waals surface area (Å²) in [6.07, 6.45) is 2.28. The van der Waals surface area contributed by atoms with E-state index in [4.69, 9.17) is 0 Å². The molecule has 0 aliphatic carbocycles. The number of anilines is 1. The highest BCUT2D eigenvalue weighted by molar-refractivity contribution is 5.42. The molecule has 2 rings (SSSR count). The number of hydrogen-bond donors (Lipinski definition) is 2. The lowest BCUT2D eigenvalue weighted by atomic mass is 10.1. The molecule has 2 aromatic carbocycles. The van der Waals surface area contributed by atoms with Crippen LogP contribution >= 0.6 is 0 Å². The summed E-state index contributed by atoms with van der Waals surface area (Å²) in [6.45, 7) is 3.04. The molecule has 0 spiro atoms. The van der Waals surface area contributed by atoms with Crippen LogP contribution in [0, 0.1) is 0 Å². The minimum Gasteiger partial charge on any atom is -0.372 e. The van der Waals surface area contributed by atoms with Gasteiger partial charge in [0.15, 0.2) is 0 Å². The van der Waals surface area contributed by atoms with Gasteiger partial charge in [-0.25, -0.2) is 0 Å². The van der Waals surface area contributed by atoms with Crippen molar-refractivity contribution in [3.63, 3.8) is 0 Å². The lowest BCUT2D eigenvalue weighted by Gasteiger charge is -2.15. The van der Waals surface area contributed by atoms with E-state index in [9.17, 15) is 0 Å². The monoisotopic (exact) mass is 254 g/mol. The maximum Gasteiger partial charge on any atom is 0.0655 e. The van der Waals surface area contributed by atoms with Crippen molar-refractivity contribution in [3.8, 4) is 0 Å². The highest BCUT2D eigenvalue weighted by Gasteiger charge is 2.01. The van der Waals surface area contributed by atoms with E-state index in [0.717, 1.165) is 25.2 Å². The first-order chi connectivity index (χ1) is 9.34. The average Bonchev–Trinajstić information content (AvgIpc) is 2.47. The lowest BCUT2D eigenvalue weighted by molar-refractivity contribution is 0.534. The van der Waals surface area contributed by atoms with Crippen molar-refractivity contribution in [1.82, 2.24) is 5.32 Å². The van der Waals surface area contributed by atoms with Crippen LogP contribution in [-0.4, -0.2) is 12.7 Å². The Kier molecular flexibility index (Phi) is 5.45. The molecule has 0 aliphatic rings. The molecular weight excluding hydrogens is 232 g/mol. The Morgan fingerprint density at radius 3 is 2.21 bits per heavy atom. The zero-order valence-corrected chi connectivity index (χ0v) is 11.5. The summed E-state index contributed by atoms with van der Waals surface area (Å²) in [4.78, 5) is 0. The topological polar surface area (TPSA) is 24.1 Å². The van der Waals surface area contributed by atoms with Crippen molar-refractivity contribution in [3.05, 3.63) is 66.2 Å². The molecule has 0 fully saturated rings. The quantitative estimate of drug-likeness (QED) is 0.737. The van der Waals surface area contributed by atoms with Gasteiger partial charge in [-0.1, -0.05) is 48.5 Å². The summed E-state index contributed by atoms with van der Waals surface area (Å²) in [5, 5.41) is 6.85. The second kappa shape index (κ2) is 7.59. The molecule has 1 unspecified atom stereocenters. The summed E-state index contributed by atoms with van der Waals surface area (Å²) in [5.41, 5.74) is 2.57. The van der Waals surface area contributed by atoms with Crippen molar-refractivity contribution < 1.29 is 0 Å². The second-order valence-electron chi connectivity index (χ2n) is 4.85. The molecule has 0 aromatic heterocycles. The largest absolute Gasteiger partial charge is 0.372 e. The molecule has 19 heavy (non-hydrogen) atoms. The van der Waals surface area contributed by atoms with E-state index in [1.807, 2.05) is 18.2 Å². The average molecular weight is 254 g/mol. The summed E-state index contributed by atoms with van der Waals surface area (Å²) in [6, 6.07) is 21.4. The number of nitrogens with one attached hydrogen (secondary N) is 2. The summed E-state index contributed by atoms with van der Waals surface area (Å²) in [7, 11) is 0. The Balaban J connectivity index is 1.64. The van der Waals surface area contributed by atoms with Gasteiger partial charge in [0.25, 0.3) is 0 Å². The van der Waals surface area contributed by atoms with Crippen LogP contribution < -0.4 is 10.6 Å². The zero-order chi connectivity index (χ0) is 13.3. The Morgan fingerprint density at radius 2 is 1.53 bits per heavy atom.